The minimum Gasteiger partial charge on any atom is -0.453 e. The molecule has 0 unspecified atom stereocenters. The van der Waals surface area contributed by atoms with Crippen LogP contribution in [0.25, 0.3) is 0 Å². The van der Waals surface area contributed by atoms with Crippen LogP contribution in [0, 0.1) is 0 Å². The van der Waals surface area contributed by atoms with E-state index in [-0.39, 0.29) is 11.3 Å². The summed E-state index contributed by atoms with van der Waals surface area (Å²) in [6.07, 6.45) is -0.736. The van der Waals surface area contributed by atoms with Crippen molar-refractivity contribution in [2.24, 2.45) is 0 Å². The normalized spacial score (nSPS) is 12.9. The van der Waals surface area contributed by atoms with Gasteiger partial charge < -0.3 is 4.74 Å². The van der Waals surface area contributed by atoms with Gasteiger partial charge >= 0.3 is 6.09 Å². The zero-order valence-corrected chi connectivity index (χ0v) is 14.3. The number of carbonyl (C=O) groups is 2. The third-order valence-corrected chi connectivity index (χ3v) is 3.70. The third-order valence-electron chi connectivity index (χ3n) is 3.70. The molecule has 0 aromatic heterocycles. The summed E-state index contributed by atoms with van der Waals surface area (Å²) in [5.41, 5.74) is 2.52. The Morgan fingerprint density at radius 1 is 1.23 bits per heavy atom. The summed E-state index contributed by atoms with van der Waals surface area (Å²) in [5.74, 6) is -0.374. The summed E-state index contributed by atoms with van der Waals surface area (Å²) in [6.45, 7) is 8.90. The summed E-state index contributed by atoms with van der Waals surface area (Å²) in [4.78, 5) is 24.8. The fourth-order valence-electron chi connectivity index (χ4n) is 1.99. The van der Waals surface area contributed by atoms with Crippen LogP contribution < -0.4 is 5.32 Å². The lowest BCUT2D eigenvalue weighted by Crippen LogP contribution is -2.45. The Kier molecular flexibility index (Phi) is 6.11. The highest BCUT2D eigenvalue weighted by molar-refractivity contribution is 5.94. The van der Waals surface area contributed by atoms with Gasteiger partial charge in [0.15, 0.2) is 0 Å². The molecule has 0 heterocycles. The van der Waals surface area contributed by atoms with Gasteiger partial charge in [0.05, 0.1) is 13.2 Å². The van der Waals surface area contributed by atoms with E-state index in [1.807, 2.05) is 11.9 Å². The molecule has 1 atom stereocenters. The number of hydrogen-bond acceptors (Lipinski definition) is 4. The van der Waals surface area contributed by atoms with Gasteiger partial charge in [-0.15, -0.1) is 0 Å². The molecule has 0 saturated heterocycles. The molecule has 1 rings (SSSR count). The van der Waals surface area contributed by atoms with Crippen LogP contribution in [0.4, 0.5) is 4.79 Å². The van der Waals surface area contributed by atoms with Gasteiger partial charge in [0, 0.05) is 6.54 Å². The number of ether oxygens (including phenoxy) is 1. The summed E-state index contributed by atoms with van der Waals surface area (Å²) in [5, 5.41) is 2.18. The second kappa shape index (κ2) is 7.40. The Bertz CT molecular complexity index is 518. The van der Waals surface area contributed by atoms with Crippen molar-refractivity contribution < 1.29 is 14.3 Å². The number of amides is 2. The van der Waals surface area contributed by atoms with Crippen molar-refractivity contribution in [1.29, 1.82) is 0 Å². The van der Waals surface area contributed by atoms with Crippen LogP contribution in [0.1, 0.15) is 38.8 Å². The predicted octanol–water partition coefficient (Wildman–Crippen LogP) is 2.69. The second-order valence-electron chi connectivity index (χ2n) is 6.52. The maximum Gasteiger partial charge on any atom is 0.413 e. The number of hydrogen-bond donors (Lipinski definition) is 1. The molecule has 0 aliphatic carbocycles. The van der Waals surface area contributed by atoms with Gasteiger partial charge in [0.1, 0.15) is 0 Å². The fraction of sp³-hybridized carbons (Fsp3) is 0.529. The number of alkyl carbamates (subject to hydrolysis) is 1. The molecule has 2 amide bonds. The van der Waals surface area contributed by atoms with Crippen molar-refractivity contribution in [2.45, 2.75) is 45.7 Å². The molecule has 5 heteroatoms. The lowest BCUT2D eigenvalue weighted by atomic mass is 9.87. The Labute approximate surface area is 132 Å². The van der Waals surface area contributed by atoms with Crippen LogP contribution in [0.2, 0.25) is 0 Å². The summed E-state index contributed by atoms with van der Waals surface area (Å²) >= 11 is 0. The van der Waals surface area contributed by atoms with E-state index in [4.69, 9.17) is 0 Å². The molecule has 0 aliphatic rings. The maximum atomic E-state index is 11.9. The van der Waals surface area contributed by atoms with E-state index in [2.05, 4.69) is 55.1 Å². The van der Waals surface area contributed by atoms with Gasteiger partial charge in [-0.2, -0.15) is 0 Å². The molecular weight excluding hydrogens is 280 g/mol. The molecule has 122 valence electrons. The summed E-state index contributed by atoms with van der Waals surface area (Å²) < 4.78 is 4.42. The van der Waals surface area contributed by atoms with Crippen molar-refractivity contribution in [3.63, 3.8) is 0 Å². The number of nitrogens with one attached hydrogen (secondary N) is 1. The molecule has 0 fully saturated rings. The number of benzene rings is 1. The highest BCUT2D eigenvalue weighted by Gasteiger charge is 2.20. The standard InChI is InChI=1S/C17H26N2O3/c1-12(15(20)18-16(21)22-6)19(5)11-13-7-9-14(10-8-13)17(2,3)4/h7-10,12H,11H2,1-6H3,(H,18,20,21)/t12-/m0/s1. The molecule has 1 aromatic rings. The number of methoxy groups -OCH3 is 1. The largest absolute Gasteiger partial charge is 0.453 e. The van der Waals surface area contributed by atoms with Gasteiger partial charge in [0.25, 0.3) is 0 Å². The van der Waals surface area contributed by atoms with Crippen LogP contribution in [-0.2, 0) is 21.5 Å². The average Bonchev–Trinajstić information content (AvgIpc) is 2.45. The summed E-state index contributed by atoms with van der Waals surface area (Å²) in [6, 6.07) is 7.94. The van der Waals surface area contributed by atoms with Crippen LogP contribution in [0.5, 0.6) is 0 Å². The molecule has 0 saturated carbocycles. The zero-order chi connectivity index (χ0) is 16.9. The molecule has 5 nitrogen and oxygen atoms in total. The van der Waals surface area contributed by atoms with Crippen molar-refractivity contribution in [3.05, 3.63) is 35.4 Å². The molecular formula is C17H26N2O3. The molecule has 0 aliphatic heterocycles. The number of nitrogens with zero attached hydrogens (tertiary/aromatic N) is 1. The monoisotopic (exact) mass is 306 g/mol. The minimum absolute atomic E-state index is 0.123. The topological polar surface area (TPSA) is 58.6 Å². The second-order valence-corrected chi connectivity index (χ2v) is 6.52. The average molecular weight is 306 g/mol. The number of rotatable bonds is 4. The van der Waals surface area contributed by atoms with E-state index in [0.29, 0.717) is 6.54 Å². The van der Waals surface area contributed by atoms with E-state index in [0.717, 1.165) is 5.56 Å². The van der Waals surface area contributed by atoms with Crippen LogP contribution in [-0.4, -0.2) is 37.1 Å². The first-order valence-electron chi connectivity index (χ1n) is 7.33. The first-order valence-corrected chi connectivity index (χ1v) is 7.33. The Hall–Kier alpha value is -1.88. The predicted molar refractivity (Wildman–Crippen MR) is 86.6 cm³/mol. The number of imide groups is 1. The van der Waals surface area contributed by atoms with Gasteiger partial charge in [-0.25, -0.2) is 4.79 Å². The van der Waals surface area contributed by atoms with Gasteiger partial charge in [0.2, 0.25) is 5.91 Å². The third kappa shape index (κ3) is 5.15. The molecule has 1 aromatic carbocycles. The molecule has 22 heavy (non-hydrogen) atoms. The molecule has 0 spiro atoms. The highest BCUT2D eigenvalue weighted by Crippen LogP contribution is 2.22. The first kappa shape index (κ1) is 18.2. The zero-order valence-electron chi connectivity index (χ0n) is 14.3. The Morgan fingerprint density at radius 2 is 1.77 bits per heavy atom. The SMILES string of the molecule is COC(=O)NC(=O)[C@H](C)N(C)Cc1ccc(C(C)(C)C)cc1. The lowest BCUT2D eigenvalue weighted by molar-refractivity contribution is -0.124. The molecule has 0 bridgehead atoms. The van der Waals surface area contributed by atoms with Gasteiger partial charge in [-0.1, -0.05) is 45.0 Å². The van der Waals surface area contributed by atoms with Gasteiger partial charge in [-0.05, 0) is 30.5 Å². The minimum atomic E-state index is -0.736. The van der Waals surface area contributed by atoms with E-state index in [1.54, 1.807) is 6.92 Å². The van der Waals surface area contributed by atoms with Crippen molar-refractivity contribution >= 4 is 12.0 Å². The lowest BCUT2D eigenvalue weighted by Gasteiger charge is -2.24. The van der Waals surface area contributed by atoms with Crippen LogP contribution in [0.3, 0.4) is 0 Å². The first-order chi connectivity index (χ1) is 10.1. The van der Waals surface area contributed by atoms with E-state index in [9.17, 15) is 9.59 Å². The number of carbonyl (C=O) groups excluding carboxylic acids is 2. The molecule has 0 radical (unpaired) electrons. The fourth-order valence-corrected chi connectivity index (χ4v) is 1.99. The van der Waals surface area contributed by atoms with Crippen molar-refractivity contribution in [1.82, 2.24) is 10.2 Å². The summed E-state index contributed by atoms with van der Waals surface area (Å²) in [7, 11) is 3.08. The smallest absolute Gasteiger partial charge is 0.413 e. The number of likely N-dealkylation sites (N-methyl/N-ethyl adjacent to an activating group) is 1. The Balaban J connectivity index is 2.66. The van der Waals surface area contributed by atoms with E-state index < -0.39 is 12.1 Å². The quantitative estimate of drug-likeness (QED) is 0.929. The van der Waals surface area contributed by atoms with Gasteiger partial charge in [-0.3, -0.25) is 15.0 Å². The van der Waals surface area contributed by atoms with Crippen molar-refractivity contribution in [2.75, 3.05) is 14.2 Å². The maximum absolute atomic E-state index is 11.9. The van der Waals surface area contributed by atoms with Crippen LogP contribution in [0.15, 0.2) is 24.3 Å². The molecule has 1 N–H and O–H groups in total. The van der Waals surface area contributed by atoms with Crippen LogP contribution >= 0.6 is 0 Å². The highest BCUT2D eigenvalue weighted by atomic mass is 16.5. The van der Waals surface area contributed by atoms with Crippen molar-refractivity contribution in [3.8, 4) is 0 Å². The van der Waals surface area contributed by atoms with E-state index in [1.165, 1.54) is 12.7 Å². The Morgan fingerprint density at radius 3 is 2.23 bits per heavy atom. The van der Waals surface area contributed by atoms with E-state index >= 15 is 0 Å².